The third kappa shape index (κ3) is 2.18. The van der Waals surface area contributed by atoms with Gasteiger partial charge in [0.2, 0.25) is 11.7 Å². The van der Waals surface area contributed by atoms with E-state index < -0.39 is 5.54 Å². The Morgan fingerprint density at radius 1 is 1.15 bits per heavy atom. The van der Waals surface area contributed by atoms with E-state index in [2.05, 4.69) is 34.4 Å². The Balaban J connectivity index is 2.03. The number of hydrogen-bond donors (Lipinski definition) is 1. The summed E-state index contributed by atoms with van der Waals surface area (Å²) >= 11 is 0. The van der Waals surface area contributed by atoms with Gasteiger partial charge in [0.05, 0.1) is 5.54 Å². The molecule has 2 N–H and O–H groups in total. The van der Waals surface area contributed by atoms with E-state index in [9.17, 15) is 0 Å². The van der Waals surface area contributed by atoms with Crippen LogP contribution in [-0.2, 0) is 5.54 Å². The molecule has 0 saturated heterocycles. The first kappa shape index (κ1) is 12.8. The van der Waals surface area contributed by atoms with Crippen LogP contribution in [0.15, 0.2) is 47.0 Å². The highest BCUT2D eigenvalue weighted by atomic mass is 16.5. The molecule has 4 heteroatoms. The smallest absolute Gasteiger partial charge is 0.246 e. The van der Waals surface area contributed by atoms with E-state index in [0.29, 0.717) is 11.7 Å². The van der Waals surface area contributed by atoms with Gasteiger partial charge in [-0.25, -0.2) is 0 Å². The Morgan fingerprint density at radius 2 is 1.90 bits per heavy atom. The second kappa shape index (κ2) is 4.72. The molecule has 4 nitrogen and oxygen atoms in total. The van der Waals surface area contributed by atoms with Crippen molar-refractivity contribution >= 4 is 10.8 Å². The summed E-state index contributed by atoms with van der Waals surface area (Å²) in [5, 5.41) is 6.39. The quantitative estimate of drug-likeness (QED) is 0.789. The molecular weight excluding hydrogens is 250 g/mol. The van der Waals surface area contributed by atoms with Gasteiger partial charge in [0.25, 0.3) is 0 Å². The molecule has 102 valence electrons. The van der Waals surface area contributed by atoms with Crippen molar-refractivity contribution in [1.82, 2.24) is 10.1 Å². The average Bonchev–Trinajstić information content (AvgIpc) is 2.97. The first-order valence-corrected chi connectivity index (χ1v) is 6.72. The van der Waals surface area contributed by atoms with Gasteiger partial charge in [-0.2, -0.15) is 4.98 Å². The van der Waals surface area contributed by atoms with E-state index in [0.717, 1.165) is 17.4 Å². The summed E-state index contributed by atoms with van der Waals surface area (Å²) in [5.74, 6) is 1.05. The number of rotatable bonds is 3. The van der Waals surface area contributed by atoms with Crippen LogP contribution >= 0.6 is 0 Å². The van der Waals surface area contributed by atoms with Gasteiger partial charge in [0.15, 0.2) is 0 Å². The molecule has 3 rings (SSSR count). The lowest BCUT2D eigenvalue weighted by Crippen LogP contribution is -2.32. The van der Waals surface area contributed by atoms with E-state index in [1.54, 1.807) is 0 Å². The predicted octanol–water partition coefficient (Wildman–Crippen LogP) is 3.47. The fourth-order valence-corrected chi connectivity index (χ4v) is 2.05. The van der Waals surface area contributed by atoms with Gasteiger partial charge in [0, 0.05) is 5.56 Å². The van der Waals surface area contributed by atoms with Crippen LogP contribution in [0.5, 0.6) is 0 Å². The third-order valence-electron chi connectivity index (χ3n) is 3.66. The molecule has 0 amide bonds. The number of nitrogens with zero attached hydrogens (tertiary/aromatic N) is 2. The highest BCUT2D eigenvalue weighted by Crippen LogP contribution is 2.25. The van der Waals surface area contributed by atoms with Gasteiger partial charge >= 0.3 is 0 Å². The van der Waals surface area contributed by atoms with Gasteiger partial charge in [-0.1, -0.05) is 48.5 Å². The molecule has 3 aromatic rings. The average molecular weight is 267 g/mol. The first-order chi connectivity index (χ1) is 9.60. The molecule has 0 saturated carbocycles. The molecule has 0 spiro atoms. The van der Waals surface area contributed by atoms with Crippen LogP contribution in [0.3, 0.4) is 0 Å². The SMILES string of the molecule is CCC(C)(N)c1nc(-c2ccc3ccccc3c2)no1. The minimum absolute atomic E-state index is 0.475. The number of hydrogen-bond acceptors (Lipinski definition) is 4. The molecular formula is C16H17N3O. The Kier molecular flexibility index (Phi) is 3.03. The second-order valence-corrected chi connectivity index (χ2v) is 5.26. The van der Waals surface area contributed by atoms with Crippen molar-refractivity contribution in [3.8, 4) is 11.4 Å². The molecule has 0 fully saturated rings. The Hall–Kier alpha value is -2.20. The molecule has 0 aliphatic carbocycles. The molecule has 20 heavy (non-hydrogen) atoms. The van der Waals surface area contributed by atoms with Crippen molar-refractivity contribution in [1.29, 1.82) is 0 Å². The van der Waals surface area contributed by atoms with Crippen molar-refractivity contribution in [2.75, 3.05) is 0 Å². The molecule has 0 aliphatic rings. The molecule has 1 unspecified atom stereocenters. The minimum Gasteiger partial charge on any atom is -0.337 e. The minimum atomic E-state index is -0.581. The summed E-state index contributed by atoms with van der Waals surface area (Å²) in [6.07, 6.45) is 0.742. The second-order valence-electron chi connectivity index (χ2n) is 5.26. The van der Waals surface area contributed by atoms with E-state index in [1.165, 1.54) is 5.39 Å². The van der Waals surface area contributed by atoms with Crippen LogP contribution in [0, 0.1) is 0 Å². The van der Waals surface area contributed by atoms with Gasteiger partial charge in [-0.05, 0) is 30.2 Å². The zero-order valence-electron chi connectivity index (χ0n) is 11.6. The summed E-state index contributed by atoms with van der Waals surface area (Å²) in [7, 11) is 0. The standard InChI is InChI=1S/C16H17N3O/c1-3-16(2,17)15-18-14(19-20-15)13-9-8-11-6-4-5-7-12(11)10-13/h4-10H,3,17H2,1-2H3. The summed E-state index contributed by atoms with van der Waals surface area (Å²) in [6, 6.07) is 14.3. The van der Waals surface area contributed by atoms with Crippen LogP contribution in [-0.4, -0.2) is 10.1 Å². The van der Waals surface area contributed by atoms with Crippen molar-refractivity contribution in [3.63, 3.8) is 0 Å². The highest BCUT2D eigenvalue weighted by Gasteiger charge is 2.26. The van der Waals surface area contributed by atoms with Gasteiger partial charge in [0.1, 0.15) is 0 Å². The van der Waals surface area contributed by atoms with Crippen LogP contribution in [0.1, 0.15) is 26.2 Å². The number of benzene rings is 2. The van der Waals surface area contributed by atoms with Crippen LogP contribution in [0.4, 0.5) is 0 Å². The lowest BCUT2D eigenvalue weighted by Gasteiger charge is -2.16. The van der Waals surface area contributed by atoms with Crippen molar-refractivity contribution in [2.24, 2.45) is 5.73 Å². The largest absolute Gasteiger partial charge is 0.337 e. The van der Waals surface area contributed by atoms with E-state index in [1.807, 2.05) is 32.0 Å². The fourth-order valence-electron chi connectivity index (χ4n) is 2.05. The Morgan fingerprint density at radius 3 is 2.65 bits per heavy atom. The van der Waals surface area contributed by atoms with Crippen molar-refractivity contribution < 1.29 is 4.52 Å². The van der Waals surface area contributed by atoms with E-state index in [-0.39, 0.29) is 0 Å². The van der Waals surface area contributed by atoms with Crippen molar-refractivity contribution in [3.05, 3.63) is 48.4 Å². The topological polar surface area (TPSA) is 64.9 Å². The van der Waals surface area contributed by atoms with Crippen LogP contribution < -0.4 is 5.73 Å². The maximum Gasteiger partial charge on any atom is 0.246 e. The molecule has 1 atom stereocenters. The normalized spacial score (nSPS) is 14.3. The maximum atomic E-state index is 6.12. The van der Waals surface area contributed by atoms with Gasteiger partial charge in [-0.3, -0.25) is 0 Å². The Bertz CT molecular complexity index is 746. The third-order valence-corrected chi connectivity index (χ3v) is 3.66. The molecule has 0 aliphatic heterocycles. The lowest BCUT2D eigenvalue weighted by atomic mass is 10.0. The molecule has 2 aromatic carbocycles. The lowest BCUT2D eigenvalue weighted by molar-refractivity contribution is 0.291. The molecule has 1 aromatic heterocycles. The summed E-state index contributed by atoms with van der Waals surface area (Å²) < 4.78 is 5.30. The van der Waals surface area contributed by atoms with Crippen LogP contribution in [0.2, 0.25) is 0 Å². The first-order valence-electron chi connectivity index (χ1n) is 6.72. The number of fused-ring (bicyclic) bond motifs is 1. The summed E-state index contributed by atoms with van der Waals surface area (Å²) in [6.45, 7) is 3.89. The van der Waals surface area contributed by atoms with Gasteiger partial charge in [-0.15, -0.1) is 0 Å². The predicted molar refractivity (Wildman–Crippen MR) is 79.1 cm³/mol. The maximum absolute atomic E-state index is 6.12. The Labute approximate surface area is 117 Å². The number of aromatic nitrogens is 2. The zero-order valence-corrected chi connectivity index (χ0v) is 11.6. The van der Waals surface area contributed by atoms with Crippen LogP contribution in [0.25, 0.3) is 22.2 Å². The fraction of sp³-hybridized carbons (Fsp3) is 0.250. The van der Waals surface area contributed by atoms with Gasteiger partial charge < -0.3 is 10.3 Å². The molecule has 0 radical (unpaired) electrons. The zero-order chi connectivity index (χ0) is 14.2. The van der Waals surface area contributed by atoms with E-state index >= 15 is 0 Å². The monoisotopic (exact) mass is 267 g/mol. The highest BCUT2D eigenvalue weighted by molar-refractivity contribution is 5.86. The molecule has 1 heterocycles. The molecule has 0 bridgehead atoms. The van der Waals surface area contributed by atoms with E-state index in [4.69, 9.17) is 10.3 Å². The number of nitrogens with two attached hydrogens (primary N) is 1. The van der Waals surface area contributed by atoms with Crippen molar-refractivity contribution in [2.45, 2.75) is 25.8 Å². The summed E-state index contributed by atoms with van der Waals surface area (Å²) in [4.78, 5) is 4.43. The summed E-state index contributed by atoms with van der Waals surface area (Å²) in [5.41, 5.74) is 6.48.